The maximum Gasteiger partial charge on any atom is 0.259 e. The molecule has 4 aromatic rings. The first-order valence-electron chi connectivity index (χ1n) is 8.74. The molecule has 134 valence electrons. The van der Waals surface area contributed by atoms with Crippen molar-refractivity contribution in [3.63, 3.8) is 0 Å². The Kier molecular flexibility index (Phi) is 4.58. The Labute approximate surface area is 156 Å². The predicted molar refractivity (Wildman–Crippen MR) is 105 cm³/mol. The topological polar surface area (TPSA) is 64.4 Å². The van der Waals surface area contributed by atoms with E-state index in [4.69, 9.17) is 9.15 Å². The van der Waals surface area contributed by atoms with E-state index < -0.39 is 0 Å². The molecular weight excluding hydrogens is 340 g/mol. The van der Waals surface area contributed by atoms with Gasteiger partial charge in [-0.05, 0) is 49.4 Å². The molecule has 0 fully saturated rings. The Morgan fingerprint density at radius 3 is 2.63 bits per heavy atom. The third-order valence-electron chi connectivity index (χ3n) is 4.10. The maximum absolute atomic E-state index is 12.6. The molecule has 0 aliphatic rings. The van der Waals surface area contributed by atoms with Crippen molar-refractivity contribution in [2.75, 3.05) is 11.9 Å². The Hall–Kier alpha value is -3.60. The number of anilines is 1. The summed E-state index contributed by atoms with van der Waals surface area (Å²) in [5.41, 5.74) is 3.40. The Balaban J connectivity index is 1.60. The van der Waals surface area contributed by atoms with Crippen molar-refractivity contribution in [3.05, 3.63) is 78.4 Å². The molecule has 1 N–H and O–H groups in total. The van der Waals surface area contributed by atoms with Crippen molar-refractivity contribution in [1.82, 2.24) is 4.98 Å². The second-order valence-electron chi connectivity index (χ2n) is 5.95. The van der Waals surface area contributed by atoms with Crippen LogP contribution in [0.2, 0.25) is 0 Å². The summed E-state index contributed by atoms with van der Waals surface area (Å²) in [6.07, 6.45) is 0. The molecule has 0 saturated heterocycles. The molecule has 3 aromatic carbocycles. The van der Waals surface area contributed by atoms with Crippen molar-refractivity contribution in [2.24, 2.45) is 0 Å². The molecule has 0 unspecified atom stereocenters. The number of rotatable bonds is 5. The summed E-state index contributed by atoms with van der Waals surface area (Å²) in [6, 6.07) is 22.3. The fourth-order valence-corrected chi connectivity index (χ4v) is 2.84. The Bertz CT molecular complexity index is 1090. The number of oxazole rings is 1. The zero-order valence-electron chi connectivity index (χ0n) is 14.8. The highest BCUT2D eigenvalue weighted by atomic mass is 16.5. The van der Waals surface area contributed by atoms with E-state index >= 15 is 0 Å². The van der Waals surface area contributed by atoms with E-state index in [-0.39, 0.29) is 5.91 Å². The normalized spacial score (nSPS) is 10.7. The summed E-state index contributed by atoms with van der Waals surface area (Å²) in [5, 5.41) is 2.90. The van der Waals surface area contributed by atoms with Crippen LogP contribution in [-0.2, 0) is 0 Å². The first-order chi connectivity index (χ1) is 13.2. The lowest BCUT2D eigenvalue weighted by atomic mass is 10.2. The highest BCUT2D eigenvalue weighted by molar-refractivity contribution is 6.06. The lowest BCUT2D eigenvalue weighted by molar-refractivity contribution is 0.102. The summed E-state index contributed by atoms with van der Waals surface area (Å²) in [5.74, 6) is 0.882. The lowest BCUT2D eigenvalue weighted by Crippen LogP contribution is -2.13. The Morgan fingerprint density at radius 2 is 1.81 bits per heavy atom. The van der Waals surface area contributed by atoms with Crippen LogP contribution >= 0.6 is 0 Å². The van der Waals surface area contributed by atoms with Gasteiger partial charge in [0.25, 0.3) is 5.91 Å². The van der Waals surface area contributed by atoms with Crippen molar-refractivity contribution in [2.45, 2.75) is 6.92 Å². The second kappa shape index (κ2) is 7.33. The number of nitrogens with zero attached hydrogens (tertiary/aromatic N) is 1. The number of hydrogen-bond donors (Lipinski definition) is 1. The number of ether oxygens (including phenoxy) is 1. The standard InChI is InChI=1S/C22H18N2O3/c1-2-26-19-11-7-6-10-17(19)21(25)23-16-12-13-20-18(14-16)24-22(27-20)15-8-4-3-5-9-15/h3-14H,2H2,1H3,(H,23,25). The molecule has 0 saturated carbocycles. The number of benzene rings is 3. The molecule has 0 aliphatic carbocycles. The van der Waals surface area contributed by atoms with E-state index in [0.717, 1.165) is 5.56 Å². The minimum absolute atomic E-state index is 0.231. The number of para-hydroxylation sites is 1. The lowest BCUT2D eigenvalue weighted by Gasteiger charge is -2.10. The van der Waals surface area contributed by atoms with Gasteiger partial charge in [0.05, 0.1) is 12.2 Å². The van der Waals surface area contributed by atoms with E-state index in [0.29, 0.717) is 40.6 Å². The number of carbonyl (C=O) groups excluding carboxylic acids is 1. The molecular formula is C22H18N2O3. The van der Waals surface area contributed by atoms with Crippen LogP contribution < -0.4 is 10.1 Å². The summed E-state index contributed by atoms with van der Waals surface area (Å²) >= 11 is 0. The third kappa shape index (κ3) is 3.53. The minimum Gasteiger partial charge on any atom is -0.493 e. The molecule has 1 amide bonds. The van der Waals surface area contributed by atoms with Crippen LogP contribution in [0.3, 0.4) is 0 Å². The van der Waals surface area contributed by atoms with Crippen molar-refractivity contribution < 1.29 is 13.9 Å². The number of hydrogen-bond acceptors (Lipinski definition) is 4. The van der Waals surface area contributed by atoms with Crippen LogP contribution in [0.5, 0.6) is 5.75 Å². The van der Waals surface area contributed by atoms with Crippen LogP contribution in [0, 0.1) is 0 Å². The molecule has 0 radical (unpaired) electrons. The summed E-state index contributed by atoms with van der Waals surface area (Å²) < 4.78 is 11.3. The first kappa shape index (κ1) is 16.8. The van der Waals surface area contributed by atoms with Gasteiger partial charge in [0.2, 0.25) is 5.89 Å². The smallest absolute Gasteiger partial charge is 0.259 e. The molecule has 4 rings (SSSR count). The van der Waals surface area contributed by atoms with E-state index in [9.17, 15) is 4.79 Å². The van der Waals surface area contributed by atoms with Crippen molar-refractivity contribution >= 4 is 22.7 Å². The van der Waals surface area contributed by atoms with E-state index in [1.165, 1.54) is 0 Å². The monoisotopic (exact) mass is 358 g/mol. The average molecular weight is 358 g/mol. The number of aromatic nitrogens is 1. The first-order valence-corrected chi connectivity index (χ1v) is 8.74. The summed E-state index contributed by atoms with van der Waals surface area (Å²) in [6.45, 7) is 2.38. The molecule has 5 heteroatoms. The average Bonchev–Trinajstić information content (AvgIpc) is 3.13. The minimum atomic E-state index is -0.231. The van der Waals surface area contributed by atoms with Crippen molar-refractivity contribution in [1.29, 1.82) is 0 Å². The number of nitrogens with one attached hydrogen (secondary N) is 1. The van der Waals surface area contributed by atoms with Gasteiger partial charge in [-0.3, -0.25) is 4.79 Å². The van der Waals surface area contributed by atoms with Crippen LogP contribution in [-0.4, -0.2) is 17.5 Å². The third-order valence-corrected chi connectivity index (χ3v) is 4.10. The molecule has 27 heavy (non-hydrogen) atoms. The maximum atomic E-state index is 12.6. The summed E-state index contributed by atoms with van der Waals surface area (Å²) in [4.78, 5) is 17.2. The van der Waals surface area contributed by atoms with E-state index in [1.54, 1.807) is 30.3 Å². The van der Waals surface area contributed by atoms with Gasteiger partial charge in [-0.1, -0.05) is 30.3 Å². The van der Waals surface area contributed by atoms with Gasteiger partial charge in [-0.25, -0.2) is 4.98 Å². The van der Waals surface area contributed by atoms with Crippen LogP contribution in [0.4, 0.5) is 5.69 Å². The van der Waals surface area contributed by atoms with Gasteiger partial charge < -0.3 is 14.5 Å². The van der Waals surface area contributed by atoms with Crippen molar-refractivity contribution in [3.8, 4) is 17.2 Å². The zero-order chi connectivity index (χ0) is 18.6. The number of carbonyl (C=O) groups is 1. The fourth-order valence-electron chi connectivity index (χ4n) is 2.84. The van der Waals surface area contributed by atoms with Gasteiger partial charge in [-0.15, -0.1) is 0 Å². The molecule has 5 nitrogen and oxygen atoms in total. The molecule has 0 atom stereocenters. The predicted octanol–water partition coefficient (Wildman–Crippen LogP) is 5.15. The van der Waals surface area contributed by atoms with Crippen LogP contribution in [0.25, 0.3) is 22.6 Å². The van der Waals surface area contributed by atoms with E-state index in [1.807, 2.05) is 49.4 Å². The molecule has 1 aromatic heterocycles. The number of amides is 1. The highest BCUT2D eigenvalue weighted by Gasteiger charge is 2.14. The van der Waals surface area contributed by atoms with Gasteiger partial charge in [0, 0.05) is 11.3 Å². The Morgan fingerprint density at radius 1 is 1.04 bits per heavy atom. The van der Waals surface area contributed by atoms with Gasteiger partial charge >= 0.3 is 0 Å². The SMILES string of the molecule is CCOc1ccccc1C(=O)Nc1ccc2oc(-c3ccccc3)nc2c1. The van der Waals surface area contributed by atoms with Gasteiger partial charge in [0.15, 0.2) is 5.58 Å². The zero-order valence-corrected chi connectivity index (χ0v) is 14.8. The van der Waals surface area contributed by atoms with Gasteiger partial charge in [-0.2, -0.15) is 0 Å². The largest absolute Gasteiger partial charge is 0.493 e. The number of fused-ring (bicyclic) bond motifs is 1. The van der Waals surface area contributed by atoms with Crippen LogP contribution in [0.1, 0.15) is 17.3 Å². The molecule has 1 heterocycles. The van der Waals surface area contributed by atoms with E-state index in [2.05, 4.69) is 10.3 Å². The molecule has 0 spiro atoms. The molecule has 0 bridgehead atoms. The van der Waals surface area contributed by atoms with Gasteiger partial charge in [0.1, 0.15) is 11.3 Å². The van der Waals surface area contributed by atoms with Crippen LogP contribution in [0.15, 0.2) is 77.2 Å². The highest BCUT2D eigenvalue weighted by Crippen LogP contribution is 2.27. The fraction of sp³-hybridized carbons (Fsp3) is 0.0909. The quantitative estimate of drug-likeness (QED) is 0.536. The second-order valence-corrected chi connectivity index (χ2v) is 5.95. The molecule has 0 aliphatic heterocycles. The summed E-state index contributed by atoms with van der Waals surface area (Å²) in [7, 11) is 0.